The Morgan fingerprint density at radius 3 is 2.18 bits per heavy atom. The second-order valence-corrected chi connectivity index (χ2v) is 12.5. The molecule has 3 heterocycles. The summed E-state index contributed by atoms with van der Waals surface area (Å²) in [5.74, 6) is -1.75. The molecule has 44 heavy (non-hydrogen) atoms. The number of hydrazone groups is 1. The van der Waals surface area contributed by atoms with Gasteiger partial charge in [0.1, 0.15) is 11.1 Å². The van der Waals surface area contributed by atoms with Crippen molar-refractivity contribution in [2.45, 2.75) is 30.8 Å². The molecule has 4 aromatic rings. The van der Waals surface area contributed by atoms with E-state index in [0.29, 0.717) is 22.5 Å². The fourth-order valence-electron chi connectivity index (χ4n) is 6.33. The van der Waals surface area contributed by atoms with Gasteiger partial charge < -0.3 is 0 Å². The maximum atomic E-state index is 14.9. The topological polar surface area (TPSA) is 82.9 Å². The van der Waals surface area contributed by atoms with Crippen molar-refractivity contribution in [1.29, 1.82) is 0 Å². The predicted octanol–water partition coefficient (Wildman–Crippen LogP) is 6.87. The molecular formula is C33H27F3N4O3S. The first kappa shape index (κ1) is 29.3. The highest BCUT2D eigenvalue weighted by Crippen LogP contribution is 2.61. The van der Waals surface area contributed by atoms with Crippen molar-refractivity contribution in [3.63, 3.8) is 0 Å². The third kappa shape index (κ3) is 4.59. The highest BCUT2D eigenvalue weighted by atomic mass is 32.2. The van der Waals surface area contributed by atoms with Gasteiger partial charge >= 0.3 is 6.18 Å². The molecule has 1 amide bonds. The fourth-order valence-corrected chi connectivity index (χ4v) is 8.15. The SMILES string of the molecule is C=C[C@H]1c2ccccc2N(S(=O)(=O)Cc2ccccc2)[C@@H](c2ccc(C(F)(F)F)nc2)[C@]12C(=O)N(c1ccccc1)N=C2C. The van der Waals surface area contributed by atoms with Gasteiger partial charge in [-0.05, 0) is 47.9 Å². The lowest BCUT2D eigenvalue weighted by Crippen LogP contribution is -2.58. The summed E-state index contributed by atoms with van der Waals surface area (Å²) in [6.07, 6.45) is -2.14. The number of alkyl halides is 3. The van der Waals surface area contributed by atoms with Crippen LogP contribution in [0.4, 0.5) is 24.5 Å². The monoisotopic (exact) mass is 616 g/mol. The summed E-state index contributed by atoms with van der Waals surface area (Å²) in [5.41, 5.74) is -0.682. The van der Waals surface area contributed by atoms with Crippen LogP contribution in [-0.2, 0) is 26.7 Å². The van der Waals surface area contributed by atoms with Gasteiger partial charge in [-0.2, -0.15) is 23.3 Å². The van der Waals surface area contributed by atoms with E-state index in [4.69, 9.17) is 0 Å². The molecule has 0 N–H and O–H groups in total. The van der Waals surface area contributed by atoms with E-state index in [0.717, 1.165) is 12.3 Å². The number of hydrogen-bond acceptors (Lipinski definition) is 5. The minimum atomic E-state index is -4.72. The molecule has 7 nitrogen and oxygen atoms in total. The Morgan fingerprint density at radius 1 is 0.932 bits per heavy atom. The van der Waals surface area contributed by atoms with Gasteiger partial charge in [0.05, 0.1) is 28.9 Å². The number of benzene rings is 3. The van der Waals surface area contributed by atoms with Crippen molar-refractivity contribution >= 4 is 33.0 Å². The average Bonchev–Trinajstić information content (AvgIpc) is 3.26. The average molecular weight is 617 g/mol. The molecule has 0 fully saturated rings. The fraction of sp³-hybridized carbons (Fsp3) is 0.182. The molecule has 0 radical (unpaired) electrons. The summed E-state index contributed by atoms with van der Waals surface area (Å²) < 4.78 is 71.0. The molecule has 2 aliphatic rings. The molecule has 0 bridgehead atoms. The number of fused-ring (bicyclic) bond motifs is 1. The number of hydrogen-bond donors (Lipinski definition) is 0. The van der Waals surface area contributed by atoms with Gasteiger partial charge in [0.15, 0.2) is 0 Å². The van der Waals surface area contributed by atoms with Crippen LogP contribution < -0.4 is 9.31 Å². The molecule has 6 rings (SSSR count). The number of carbonyl (C=O) groups is 1. The Morgan fingerprint density at radius 2 is 1.57 bits per heavy atom. The number of para-hydroxylation sites is 2. The summed E-state index contributed by atoms with van der Waals surface area (Å²) >= 11 is 0. The molecule has 0 saturated heterocycles. The number of nitrogens with zero attached hydrogens (tertiary/aromatic N) is 4. The van der Waals surface area contributed by atoms with E-state index in [1.54, 1.807) is 97.9 Å². The number of amides is 1. The minimum Gasteiger partial charge on any atom is -0.271 e. The van der Waals surface area contributed by atoms with Gasteiger partial charge in [-0.3, -0.25) is 14.1 Å². The summed E-state index contributed by atoms with van der Waals surface area (Å²) in [6, 6.07) is 24.7. The van der Waals surface area contributed by atoms with Gasteiger partial charge in [0.2, 0.25) is 10.0 Å². The summed E-state index contributed by atoms with van der Waals surface area (Å²) in [6.45, 7) is 5.68. The molecule has 0 unspecified atom stereocenters. The van der Waals surface area contributed by atoms with E-state index >= 15 is 0 Å². The van der Waals surface area contributed by atoms with Crippen molar-refractivity contribution in [3.8, 4) is 0 Å². The molecule has 224 valence electrons. The largest absolute Gasteiger partial charge is 0.433 e. The van der Waals surface area contributed by atoms with E-state index in [1.165, 1.54) is 15.4 Å². The maximum Gasteiger partial charge on any atom is 0.433 e. The number of allylic oxidation sites excluding steroid dienone is 1. The Labute approximate surface area is 253 Å². The van der Waals surface area contributed by atoms with Gasteiger partial charge in [0, 0.05) is 12.1 Å². The number of anilines is 2. The van der Waals surface area contributed by atoms with Crippen LogP contribution >= 0.6 is 0 Å². The zero-order chi connectivity index (χ0) is 31.3. The van der Waals surface area contributed by atoms with Crippen LogP contribution in [0.15, 0.2) is 121 Å². The van der Waals surface area contributed by atoms with Crippen molar-refractivity contribution in [3.05, 3.63) is 138 Å². The lowest BCUT2D eigenvalue weighted by atomic mass is 9.60. The highest BCUT2D eigenvalue weighted by Gasteiger charge is 2.65. The zero-order valence-electron chi connectivity index (χ0n) is 23.5. The van der Waals surface area contributed by atoms with Crippen LogP contribution in [0.5, 0.6) is 0 Å². The van der Waals surface area contributed by atoms with Gasteiger partial charge in [0.25, 0.3) is 5.91 Å². The van der Waals surface area contributed by atoms with Crippen molar-refractivity contribution in [1.82, 2.24) is 4.98 Å². The third-order valence-electron chi connectivity index (χ3n) is 8.18. The lowest BCUT2D eigenvalue weighted by molar-refractivity contribution is -0.141. The van der Waals surface area contributed by atoms with Gasteiger partial charge in [-0.1, -0.05) is 78.9 Å². The Hall–Kier alpha value is -4.77. The number of aromatic nitrogens is 1. The molecule has 11 heteroatoms. The molecule has 1 aromatic heterocycles. The normalized spacial score (nSPS) is 21.7. The molecule has 3 atom stereocenters. The Bertz CT molecular complexity index is 1860. The summed E-state index contributed by atoms with van der Waals surface area (Å²) in [7, 11) is -4.29. The molecule has 0 saturated carbocycles. The Balaban J connectivity index is 1.65. The summed E-state index contributed by atoms with van der Waals surface area (Å²) in [5, 5.41) is 5.88. The first-order chi connectivity index (χ1) is 21.0. The van der Waals surface area contributed by atoms with Gasteiger partial charge in [-0.15, -0.1) is 6.58 Å². The van der Waals surface area contributed by atoms with Gasteiger partial charge in [-0.25, -0.2) is 8.42 Å². The Kier molecular flexibility index (Phi) is 7.16. The first-order valence-corrected chi connectivity index (χ1v) is 15.4. The second kappa shape index (κ2) is 10.7. The number of rotatable bonds is 6. The number of carbonyl (C=O) groups excluding carboxylic acids is 1. The zero-order valence-corrected chi connectivity index (χ0v) is 24.3. The van der Waals surface area contributed by atoms with Crippen molar-refractivity contribution in [2.24, 2.45) is 10.5 Å². The van der Waals surface area contributed by atoms with E-state index in [1.807, 2.05) is 0 Å². The van der Waals surface area contributed by atoms with Crippen LogP contribution in [-0.4, -0.2) is 25.0 Å². The molecule has 1 spiro atoms. The smallest absolute Gasteiger partial charge is 0.271 e. The standard InChI is InChI=1S/C33H27F3N4O3S/c1-3-27-26-16-10-11-17-28(26)40(44(42,43)21-23-12-6-4-7-13-23)30(24-18-19-29(37-20-24)33(34,35)36)32(27)22(2)38-39(31(32)41)25-14-8-5-9-15-25/h3-20,27,30H,1,21H2,2H3/t27-,30-,32+/m0/s1. The van der Waals surface area contributed by atoms with E-state index in [9.17, 15) is 26.4 Å². The highest BCUT2D eigenvalue weighted by molar-refractivity contribution is 7.92. The number of halogens is 3. The first-order valence-electron chi connectivity index (χ1n) is 13.8. The van der Waals surface area contributed by atoms with Crippen LogP contribution in [0.3, 0.4) is 0 Å². The van der Waals surface area contributed by atoms with Crippen LogP contribution in [0.2, 0.25) is 0 Å². The number of sulfonamides is 1. The van der Waals surface area contributed by atoms with Crippen molar-refractivity contribution < 1.29 is 26.4 Å². The quantitative estimate of drug-likeness (QED) is 0.222. The van der Waals surface area contributed by atoms with Crippen LogP contribution in [0, 0.1) is 5.41 Å². The summed E-state index contributed by atoms with van der Waals surface area (Å²) in [4.78, 5) is 18.5. The lowest BCUT2D eigenvalue weighted by Gasteiger charge is -2.51. The maximum absolute atomic E-state index is 14.9. The van der Waals surface area contributed by atoms with E-state index < -0.39 is 50.9 Å². The van der Waals surface area contributed by atoms with Crippen LogP contribution in [0.1, 0.15) is 41.3 Å². The predicted molar refractivity (Wildman–Crippen MR) is 162 cm³/mol. The minimum absolute atomic E-state index is 0.105. The van der Waals surface area contributed by atoms with Crippen molar-refractivity contribution in [2.75, 3.05) is 9.31 Å². The van der Waals surface area contributed by atoms with Crippen LogP contribution in [0.25, 0.3) is 0 Å². The molecule has 0 aliphatic carbocycles. The van der Waals surface area contributed by atoms with E-state index in [2.05, 4.69) is 16.7 Å². The second-order valence-electron chi connectivity index (χ2n) is 10.7. The molecule has 3 aromatic carbocycles. The molecule has 2 aliphatic heterocycles. The third-order valence-corrected chi connectivity index (χ3v) is 9.89. The van der Waals surface area contributed by atoms with E-state index in [-0.39, 0.29) is 11.3 Å². The molecular weight excluding hydrogens is 589 g/mol. The number of pyridine rings is 1.